The van der Waals surface area contributed by atoms with E-state index >= 15 is 0 Å². The van der Waals surface area contributed by atoms with Gasteiger partial charge in [0, 0.05) is 26.1 Å². The van der Waals surface area contributed by atoms with Crippen LogP contribution in [0.5, 0.6) is 0 Å². The first-order valence-electron chi connectivity index (χ1n) is 5.33. The summed E-state index contributed by atoms with van der Waals surface area (Å²) in [5.41, 5.74) is 5.73. The Balaban J connectivity index is 2.01. The van der Waals surface area contributed by atoms with E-state index in [9.17, 15) is 4.79 Å². The highest BCUT2D eigenvalue weighted by molar-refractivity contribution is 5.92. The molecule has 1 aromatic heterocycles. The summed E-state index contributed by atoms with van der Waals surface area (Å²) in [7, 11) is 0. The first-order valence-corrected chi connectivity index (χ1v) is 5.33. The summed E-state index contributed by atoms with van der Waals surface area (Å²) in [6.45, 7) is 2.85. The van der Waals surface area contributed by atoms with Gasteiger partial charge in [-0.15, -0.1) is 0 Å². The van der Waals surface area contributed by atoms with Crippen molar-refractivity contribution in [2.75, 3.05) is 32.8 Å². The minimum absolute atomic E-state index is 0.102. The van der Waals surface area contributed by atoms with Gasteiger partial charge < -0.3 is 19.8 Å². The molecule has 1 fully saturated rings. The molecule has 1 saturated heterocycles. The van der Waals surface area contributed by atoms with Crippen molar-refractivity contribution >= 4 is 5.91 Å². The molecule has 2 heterocycles. The minimum atomic E-state index is -0.102. The Morgan fingerprint density at radius 3 is 2.94 bits per heavy atom. The third-order valence-electron chi connectivity index (χ3n) is 2.43. The molecule has 6 heteroatoms. The summed E-state index contributed by atoms with van der Waals surface area (Å²) in [5, 5.41) is 0. The van der Waals surface area contributed by atoms with E-state index in [0.29, 0.717) is 50.9 Å². The summed E-state index contributed by atoms with van der Waals surface area (Å²) in [6.07, 6.45) is 1.94. The molecule has 0 bridgehead atoms. The highest BCUT2D eigenvalue weighted by atomic mass is 16.5. The van der Waals surface area contributed by atoms with Crippen molar-refractivity contribution in [3.05, 3.63) is 17.8 Å². The molecule has 0 unspecified atom stereocenters. The zero-order valence-corrected chi connectivity index (χ0v) is 9.02. The molecule has 0 aromatic carbocycles. The van der Waals surface area contributed by atoms with Gasteiger partial charge in [-0.3, -0.25) is 4.79 Å². The molecule has 0 spiro atoms. The number of nitrogens with two attached hydrogens (primary N) is 1. The number of hydrogen-bond donors (Lipinski definition) is 1. The quantitative estimate of drug-likeness (QED) is 0.760. The number of oxazole rings is 1. The Morgan fingerprint density at radius 1 is 1.50 bits per heavy atom. The van der Waals surface area contributed by atoms with Gasteiger partial charge in [-0.25, -0.2) is 4.98 Å². The summed E-state index contributed by atoms with van der Waals surface area (Å²) in [4.78, 5) is 17.7. The molecule has 2 N–H and O–H groups in total. The molecule has 0 aliphatic carbocycles. The summed E-state index contributed by atoms with van der Waals surface area (Å²) in [5.74, 6) is 0.412. The van der Waals surface area contributed by atoms with Crippen LogP contribution in [0, 0.1) is 0 Å². The Morgan fingerprint density at radius 2 is 2.25 bits per heavy atom. The fourth-order valence-corrected chi connectivity index (χ4v) is 1.58. The number of nitrogens with zero attached hydrogens (tertiary/aromatic N) is 2. The molecule has 1 aliphatic rings. The number of ether oxygens (including phenoxy) is 1. The van der Waals surface area contributed by atoms with Crippen LogP contribution in [0.4, 0.5) is 0 Å². The molecule has 16 heavy (non-hydrogen) atoms. The smallest absolute Gasteiger partial charge is 0.275 e. The number of aromatic nitrogens is 1. The van der Waals surface area contributed by atoms with Gasteiger partial charge in [0.1, 0.15) is 6.26 Å². The van der Waals surface area contributed by atoms with Crippen LogP contribution in [0.3, 0.4) is 0 Å². The van der Waals surface area contributed by atoms with E-state index in [-0.39, 0.29) is 5.91 Å². The van der Waals surface area contributed by atoms with Crippen LogP contribution in [0.15, 0.2) is 10.7 Å². The molecule has 0 radical (unpaired) electrons. The van der Waals surface area contributed by atoms with E-state index in [4.69, 9.17) is 14.9 Å². The van der Waals surface area contributed by atoms with Crippen molar-refractivity contribution < 1.29 is 13.9 Å². The van der Waals surface area contributed by atoms with Crippen LogP contribution in [0.2, 0.25) is 0 Å². The summed E-state index contributed by atoms with van der Waals surface area (Å²) >= 11 is 0. The molecular weight excluding hydrogens is 210 g/mol. The number of carbonyl (C=O) groups excluding carboxylic acids is 1. The van der Waals surface area contributed by atoms with Gasteiger partial charge in [-0.1, -0.05) is 0 Å². The predicted molar refractivity (Wildman–Crippen MR) is 56.0 cm³/mol. The van der Waals surface area contributed by atoms with Crippen molar-refractivity contribution in [2.24, 2.45) is 5.73 Å². The van der Waals surface area contributed by atoms with Gasteiger partial charge in [0.2, 0.25) is 0 Å². The number of carbonyl (C=O) groups is 1. The van der Waals surface area contributed by atoms with Crippen molar-refractivity contribution in [2.45, 2.75) is 6.42 Å². The van der Waals surface area contributed by atoms with Crippen molar-refractivity contribution in [1.29, 1.82) is 0 Å². The van der Waals surface area contributed by atoms with Crippen LogP contribution < -0.4 is 5.73 Å². The van der Waals surface area contributed by atoms with E-state index in [1.54, 1.807) is 4.90 Å². The zero-order chi connectivity index (χ0) is 11.4. The lowest BCUT2D eigenvalue weighted by Crippen LogP contribution is -2.40. The Labute approximate surface area is 93.4 Å². The van der Waals surface area contributed by atoms with Crippen molar-refractivity contribution in [3.8, 4) is 0 Å². The molecule has 88 valence electrons. The number of rotatable bonds is 3. The van der Waals surface area contributed by atoms with Gasteiger partial charge in [0.05, 0.1) is 13.2 Å². The van der Waals surface area contributed by atoms with Crippen LogP contribution in [0.25, 0.3) is 0 Å². The van der Waals surface area contributed by atoms with E-state index in [0.717, 1.165) is 0 Å². The Bertz CT molecular complexity index is 358. The van der Waals surface area contributed by atoms with Gasteiger partial charge in [0.15, 0.2) is 11.6 Å². The van der Waals surface area contributed by atoms with E-state index in [1.165, 1.54) is 6.26 Å². The molecule has 6 nitrogen and oxygen atoms in total. The first-order chi connectivity index (χ1) is 7.81. The van der Waals surface area contributed by atoms with E-state index < -0.39 is 0 Å². The summed E-state index contributed by atoms with van der Waals surface area (Å²) in [6, 6.07) is 0. The monoisotopic (exact) mass is 225 g/mol. The third kappa shape index (κ3) is 2.40. The van der Waals surface area contributed by atoms with Crippen molar-refractivity contribution in [1.82, 2.24) is 9.88 Å². The molecular formula is C10H15N3O3. The predicted octanol–water partition coefficient (Wildman–Crippen LogP) is -0.352. The van der Waals surface area contributed by atoms with Crippen LogP contribution in [0.1, 0.15) is 16.4 Å². The number of amides is 1. The SMILES string of the molecule is NCCc1nc(C(=O)N2CCOCC2)co1. The summed E-state index contributed by atoms with van der Waals surface area (Å²) < 4.78 is 10.3. The Kier molecular flexibility index (Phi) is 3.53. The molecule has 0 saturated carbocycles. The lowest BCUT2D eigenvalue weighted by Gasteiger charge is -2.25. The van der Waals surface area contributed by atoms with Crippen molar-refractivity contribution in [3.63, 3.8) is 0 Å². The third-order valence-corrected chi connectivity index (χ3v) is 2.43. The lowest BCUT2D eigenvalue weighted by molar-refractivity contribution is 0.0299. The molecule has 0 atom stereocenters. The topological polar surface area (TPSA) is 81.6 Å². The average molecular weight is 225 g/mol. The number of morpholine rings is 1. The second kappa shape index (κ2) is 5.09. The van der Waals surface area contributed by atoms with Gasteiger partial charge in [0.25, 0.3) is 5.91 Å². The van der Waals surface area contributed by atoms with Gasteiger partial charge in [-0.2, -0.15) is 0 Å². The lowest BCUT2D eigenvalue weighted by atomic mass is 10.3. The second-order valence-corrected chi connectivity index (χ2v) is 3.57. The fraction of sp³-hybridized carbons (Fsp3) is 0.600. The first kappa shape index (κ1) is 11.1. The van der Waals surface area contributed by atoms with Crippen LogP contribution in [-0.4, -0.2) is 48.6 Å². The second-order valence-electron chi connectivity index (χ2n) is 3.57. The molecule has 1 aromatic rings. The highest BCUT2D eigenvalue weighted by Gasteiger charge is 2.21. The maximum atomic E-state index is 11.9. The standard InChI is InChI=1S/C10H15N3O3/c11-2-1-9-12-8(7-16-9)10(14)13-3-5-15-6-4-13/h7H,1-6,11H2. The Hall–Kier alpha value is -1.40. The molecule has 1 aliphatic heterocycles. The van der Waals surface area contributed by atoms with Crippen LogP contribution in [-0.2, 0) is 11.2 Å². The van der Waals surface area contributed by atoms with Gasteiger partial charge in [-0.05, 0) is 0 Å². The minimum Gasteiger partial charge on any atom is -0.448 e. The van der Waals surface area contributed by atoms with E-state index in [1.807, 2.05) is 0 Å². The normalized spacial score (nSPS) is 16.4. The van der Waals surface area contributed by atoms with E-state index in [2.05, 4.69) is 4.98 Å². The zero-order valence-electron chi connectivity index (χ0n) is 9.02. The maximum Gasteiger partial charge on any atom is 0.275 e. The van der Waals surface area contributed by atoms with Crippen LogP contribution >= 0.6 is 0 Å². The van der Waals surface area contributed by atoms with Gasteiger partial charge >= 0.3 is 0 Å². The average Bonchev–Trinajstić information content (AvgIpc) is 2.78. The fourth-order valence-electron chi connectivity index (χ4n) is 1.58. The largest absolute Gasteiger partial charge is 0.448 e. The highest BCUT2D eigenvalue weighted by Crippen LogP contribution is 2.08. The molecule has 1 amide bonds. The maximum absolute atomic E-state index is 11.9. The number of hydrogen-bond acceptors (Lipinski definition) is 5. The molecule has 2 rings (SSSR count).